The summed E-state index contributed by atoms with van der Waals surface area (Å²) in [6, 6.07) is 33.9. The predicted molar refractivity (Wildman–Crippen MR) is 203 cm³/mol. The van der Waals surface area contributed by atoms with Gasteiger partial charge in [0.15, 0.2) is 8.03 Å². The lowest BCUT2D eigenvalue weighted by Crippen LogP contribution is -2.68. The fourth-order valence-electron chi connectivity index (χ4n) is 6.56. The molecule has 258 valence electrons. The number of fused-ring (bicyclic) bond motifs is 1. The SMILES string of the molecule is CC(C)c1c(C#CCO[PH](=O)CC(CC(=O)O)O[Si](c2ccccc2)(c2ccccc2)C(C)(C)C)c(-c2ccc(F)cc2)nc2ccccc12. The van der Waals surface area contributed by atoms with E-state index in [-0.39, 0.29) is 30.9 Å². The molecule has 50 heavy (non-hydrogen) atoms. The van der Waals surface area contributed by atoms with Gasteiger partial charge in [-0.1, -0.05) is 125 Å². The van der Waals surface area contributed by atoms with E-state index in [1.54, 1.807) is 12.1 Å². The molecule has 0 amide bonds. The number of carboxylic acids is 1. The second-order valence-electron chi connectivity index (χ2n) is 13.6. The Morgan fingerprint density at radius 3 is 2.04 bits per heavy atom. The van der Waals surface area contributed by atoms with Gasteiger partial charge in [0.25, 0.3) is 8.32 Å². The summed E-state index contributed by atoms with van der Waals surface area (Å²) in [6.07, 6.45) is -1.25. The maximum Gasteiger partial charge on any atom is 0.305 e. The molecule has 0 fully saturated rings. The van der Waals surface area contributed by atoms with Crippen LogP contribution >= 0.6 is 8.03 Å². The Morgan fingerprint density at radius 2 is 1.48 bits per heavy atom. The normalized spacial score (nSPS) is 13.1. The van der Waals surface area contributed by atoms with Crippen LogP contribution in [0.25, 0.3) is 22.2 Å². The van der Waals surface area contributed by atoms with Crippen LogP contribution in [0.3, 0.4) is 0 Å². The lowest BCUT2D eigenvalue weighted by Gasteiger charge is -2.45. The predicted octanol–water partition coefficient (Wildman–Crippen LogP) is 8.43. The number of pyridine rings is 1. The van der Waals surface area contributed by atoms with Crippen molar-refractivity contribution in [2.24, 2.45) is 0 Å². The number of halogens is 1. The van der Waals surface area contributed by atoms with Crippen LogP contribution in [0, 0.1) is 17.7 Å². The lowest BCUT2D eigenvalue weighted by molar-refractivity contribution is -0.138. The molecule has 2 atom stereocenters. The van der Waals surface area contributed by atoms with Crippen molar-refractivity contribution in [1.29, 1.82) is 0 Å². The van der Waals surface area contributed by atoms with Crippen molar-refractivity contribution in [2.75, 3.05) is 12.8 Å². The first-order valence-corrected chi connectivity index (χ1v) is 20.2. The molecule has 0 saturated heterocycles. The van der Waals surface area contributed by atoms with Crippen molar-refractivity contribution in [3.05, 3.63) is 126 Å². The Morgan fingerprint density at radius 1 is 0.900 bits per heavy atom. The molecule has 1 aromatic heterocycles. The topological polar surface area (TPSA) is 85.7 Å². The molecule has 1 heterocycles. The number of rotatable bonds is 12. The average Bonchev–Trinajstić information content (AvgIpc) is 3.08. The third-order valence-electron chi connectivity index (χ3n) is 8.70. The van der Waals surface area contributed by atoms with Crippen molar-refractivity contribution in [3.8, 4) is 23.1 Å². The third kappa shape index (κ3) is 8.31. The maximum absolute atomic E-state index is 13.8. The quantitative estimate of drug-likeness (QED) is 0.0797. The third-order valence-corrected chi connectivity index (χ3v) is 15.1. The number of carbonyl (C=O) groups is 1. The molecule has 5 rings (SSSR count). The molecule has 9 heteroatoms. The second-order valence-corrected chi connectivity index (χ2v) is 19.3. The molecule has 0 spiro atoms. The zero-order valence-electron chi connectivity index (χ0n) is 29.1. The zero-order valence-corrected chi connectivity index (χ0v) is 31.1. The van der Waals surface area contributed by atoms with Gasteiger partial charge in [-0.05, 0) is 57.2 Å². The molecule has 0 aliphatic rings. The Hall–Kier alpha value is -4.38. The van der Waals surface area contributed by atoms with Crippen LogP contribution in [0.15, 0.2) is 109 Å². The van der Waals surface area contributed by atoms with E-state index >= 15 is 0 Å². The highest BCUT2D eigenvalue weighted by atomic mass is 31.1. The minimum atomic E-state index is -3.11. The highest BCUT2D eigenvalue weighted by Crippen LogP contribution is 2.39. The molecule has 1 N–H and O–H groups in total. The van der Waals surface area contributed by atoms with Crippen LogP contribution in [0.2, 0.25) is 5.04 Å². The van der Waals surface area contributed by atoms with Crippen molar-refractivity contribution >= 4 is 43.6 Å². The van der Waals surface area contributed by atoms with Gasteiger partial charge in [-0.2, -0.15) is 0 Å². The number of hydrogen-bond donors (Lipinski definition) is 1. The summed E-state index contributed by atoms with van der Waals surface area (Å²) >= 11 is 0. The largest absolute Gasteiger partial charge is 0.481 e. The van der Waals surface area contributed by atoms with Crippen molar-refractivity contribution < 1.29 is 27.8 Å². The van der Waals surface area contributed by atoms with E-state index in [2.05, 4.69) is 46.5 Å². The molecule has 5 aromatic rings. The monoisotopic (exact) mass is 707 g/mol. The van der Waals surface area contributed by atoms with Gasteiger partial charge in [0.1, 0.15) is 12.4 Å². The molecule has 0 saturated carbocycles. The maximum atomic E-state index is 13.8. The summed E-state index contributed by atoms with van der Waals surface area (Å²) in [7, 11) is -5.88. The number of para-hydroxylation sites is 1. The fourth-order valence-corrected chi connectivity index (χ4v) is 12.4. The van der Waals surface area contributed by atoms with Gasteiger partial charge in [0.2, 0.25) is 0 Å². The molecule has 4 aromatic carbocycles. The number of hydrogen-bond acceptors (Lipinski definition) is 5. The van der Waals surface area contributed by atoms with E-state index in [0.717, 1.165) is 32.4 Å². The van der Waals surface area contributed by atoms with Crippen molar-refractivity contribution in [1.82, 2.24) is 4.98 Å². The molecular weight excluding hydrogens is 665 g/mol. The molecule has 6 nitrogen and oxygen atoms in total. The Balaban J connectivity index is 1.44. The van der Waals surface area contributed by atoms with Gasteiger partial charge in [-0.15, -0.1) is 0 Å². The molecule has 0 radical (unpaired) electrons. The first kappa shape index (κ1) is 36.9. The Labute approximate surface area is 295 Å². The van der Waals surface area contributed by atoms with Crippen molar-refractivity contribution in [3.63, 3.8) is 0 Å². The lowest BCUT2D eigenvalue weighted by atomic mass is 9.90. The summed E-state index contributed by atoms with van der Waals surface area (Å²) in [6.45, 7) is 10.4. The summed E-state index contributed by atoms with van der Waals surface area (Å²) < 4.78 is 40.2. The molecule has 0 bridgehead atoms. The van der Waals surface area contributed by atoms with E-state index in [1.807, 2.05) is 84.9 Å². The van der Waals surface area contributed by atoms with Crippen molar-refractivity contribution in [2.45, 2.75) is 58.1 Å². The van der Waals surface area contributed by atoms with E-state index in [9.17, 15) is 18.9 Å². The van der Waals surface area contributed by atoms with Gasteiger partial charge in [-0.25, -0.2) is 9.37 Å². The summed E-state index contributed by atoms with van der Waals surface area (Å²) in [4.78, 5) is 17.0. The van der Waals surface area contributed by atoms with E-state index in [1.165, 1.54) is 12.1 Å². The first-order chi connectivity index (χ1) is 23.9. The number of aromatic nitrogens is 1. The van der Waals surface area contributed by atoms with Gasteiger partial charge < -0.3 is 14.1 Å². The number of benzene rings is 4. The van der Waals surface area contributed by atoms with Crippen LogP contribution in [0.1, 0.15) is 58.1 Å². The number of aliphatic carboxylic acids is 1. The molecule has 0 aliphatic carbocycles. The van der Waals surface area contributed by atoms with Crippen LogP contribution in [-0.2, 0) is 18.3 Å². The summed E-state index contributed by atoms with van der Waals surface area (Å²) in [5.41, 5.74) is 3.89. The highest BCUT2D eigenvalue weighted by molar-refractivity contribution is 7.39. The molecular formula is C41H43FNO5PSi. The van der Waals surface area contributed by atoms with Gasteiger partial charge in [0, 0.05) is 17.1 Å². The number of carboxylic acid groups (broad SMARTS) is 1. The van der Waals surface area contributed by atoms with Gasteiger partial charge >= 0.3 is 5.97 Å². The smallest absolute Gasteiger partial charge is 0.305 e. The minimum absolute atomic E-state index is 0.0707. The van der Waals surface area contributed by atoms with Crippen LogP contribution < -0.4 is 10.4 Å². The van der Waals surface area contributed by atoms with Gasteiger partial charge in [0.05, 0.1) is 29.3 Å². The standard InChI is InChI=1S/C41H43FNO5PSi/c1-29(2)39-35-19-12-13-21-37(35)43-40(30-22-24-31(42)25-23-30)36(39)20-14-26-47-49(46)28-32(27-38(44)45)48-50(41(3,4)5,33-15-8-6-9-16-33)34-17-10-7-11-18-34/h6-13,15-19,21-25,29,32,49H,26-28H2,1-5H3,(H,44,45). The first-order valence-electron chi connectivity index (χ1n) is 16.7. The highest BCUT2D eigenvalue weighted by Gasteiger charge is 2.51. The second kappa shape index (κ2) is 16.1. The van der Waals surface area contributed by atoms with Crippen LogP contribution in [0.4, 0.5) is 4.39 Å². The zero-order chi connectivity index (χ0) is 35.9. The van der Waals surface area contributed by atoms with E-state index in [4.69, 9.17) is 13.9 Å². The molecule has 2 unspecified atom stereocenters. The van der Waals surface area contributed by atoms with Crippen LogP contribution in [0.5, 0.6) is 0 Å². The van der Waals surface area contributed by atoms with E-state index in [0.29, 0.717) is 11.3 Å². The fraction of sp³-hybridized carbons (Fsp3) is 0.268. The van der Waals surface area contributed by atoms with Crippen LogP contribution in [-0.4, -0.2) is 43.2 Å². The van der Waals surface area contributed by atoms with Gasteiger partial charge in [-0.3, -0.25) is 9.36 Å². The average molecular weight is 708 g/mol. The number of nitrogens with zero attached hydrogens (tertiary/aromatic N) is 1. The van der Waals surface area contributed by atoms with E-state index < -0.39 is 33.5 Å². The summed E-state index contributed by atoms with van der Waals surface area (Å²) in [5.74, 6) is 5.00. The minimum Gasteiger partial charge on any atom is -0.481 e. The molecule has 0 aliphatic heterocycles. The Bertz CT molecular complexity index is 1980. The Kier molecular flexibility index (Phi) is 11.9. The summed E-state index contributed by atoms with van der Waals surface area (Å²) in [5, 5.41) is 12.5.